The largest absolute Gasteiger partial charge is 0.457 e. The Morgan fingerprint density at radius 3 is 2.63 bits per heavy atom. The molecular formula is C26H30ClN7O4. The third-order valence-corrected chi connectivity index (χ3v) is 8.15. The van der Waals surface area contributed by atoms with Gasteiger partial charge >= 0.3 is 5.97 Å². The van der Waals surface area contributed by atoms with E-state index in [1.807, 2.05) is 32.0 Å². The van der Waals surface area contributed by atoms with E-state index in [1.165, 1.54) is 6.33 Å². The Balaban J connectivity index is 0.00000294. The number of pyridine rings is 1. The molecule has 1 aromatic carbocycles. The molecule has 200 valence electrons. The van der Waals surface area contributed by atoms with E-state index < -0.39 is 6.10 Å². The van der Waals surface area contributed by atoms with Gasteiger partial charge in [0.2, 0.25) is 5.91 Å². The SMILES string of the molecule is Cc1nc(N2CC3(CCN(C[C@H](O)c4ccc5c(c4C)COC5=O)CC3)CC2=O)ccc1-n1cnnn1.Cl. The van der Waals surface area contributed by atoms with Crippen LogP contribution in [0, 0.1) is 19.3 Å². The number of rotatable bonds is 5. The maximum atomic E-state index is 13.0. The summed E-state index contributed by atoms with van der Waals surface area (Å²) in [6, 6.07) is 7.33. The number of aryl methyl sites for hydroxylation is 1. The molecule has 0 radical (unpaired) electrons. The number of likely N-dealkylation sites (tertiary alicyclic amines) is 1. The number of nitrogens with zero attached hydrogens (tertiary/aromatic N) is 7. The molecule has 5 heterocycles. The molecule has 1 amide bonds. The van der Waals surface area contributed by atoms with Crippen LogP contribution in [0.2, 0.25) is 0 Å². The van der Waals surface area contributed by atoms with Crippen molar-refractivity contribution in [2.45, 2.75) is 45.8 Å². The maximum Gasteiger partial charge on any atom is 0.338 e. The molecule has 12 heteroatoms. The van der Waals surface area contributed by atoms with Crippen LogP contribution in [0.3, 0.4) is 0 Å². The second-order valence-electron chi connectivity index (χ2n) is 10.4. The number of ether oxygens (including phenoxy) is 1. The van der Waals surface area contributed by atoms with Crippen LogP contribution in [0.1, 0.15) is 58.1 Å². The number of fused-ring (bicyclic) bond motifs is 1. The van der Waals surface area contributed by atoms with Gasteiger partial charge in [0, 0.05) is 25.1 Å². The van der Waals surface area contributed by atoms with E-state index in [-0.39, 0.29) is 36.3 Å². The summed E-state index contributed by atoms with van der Waals surface area (Å²) in [6.45, 7) is 6.88. The number of aliphatic hydroxyl groups is 1. The number of esters is 1. The van der Waals surface area contributed by atoms with Crippen LogP contribution in [-0.4, -0.2) is 73.3 Å². The number of cyclic esters (lactones) is 1. The van der Waals surface area contributed by atoms with Crippen LogP contribution in [0.5, 0.6) is 0 Å². The minimum absolute atomic E-state index is 0. The van der Waals surface area contributed by atoms with E-state index in [0.717, 1.165) is 54.0 Å². The summed E-state index contributed by atoms with van der Waals surface area (Å²) in [5.74, 6) is 0.458. The second-order valence-corrected chi connectivity index (χ2v) is 10.4. The first-order valence-corrected chi connectivity index (χ1v) is 12.5. The van der Waals surface area contributed by atoms with Gasteiger partial charge in [0.1, 0.15) is 18.8 Å². The maximum absolute atomic E-state index is 13.0. The monoisotopic (exact) mass is 539 g/mol. The average Bonchev–Trinajstić information content (AvgIpc) is 3.61. The van der Waals surface area contributed by atoms with Gasteiger partial charge in [-0.05, 0) is 84.9 Å². The van der Waals surface area contributed by atoms with Gasteiger partial charge in [-0.3, -0.25) is 9.69 Å². The number of hydrogen-bond donors (Lipinski definition) is 1. The van der Waals surface area contributed by atoms with Crippen molar-refractivity contribution in [3.05, 3.63) is 58.5 Å². The van der Waals surface area contributed by atoms with Gasteiger partial charge in [-0.25, -0.2) is 9.78 Å². The number of carbonyl (C=O) groups excluding carboxylic acids is 2. The van der Waals surface area contributed by atoms with Gasteiger partial charge in [-0.2, -0.15) is 4.68 Å². The molecule has 1 atom stereocenters. The predicted octanol–water partition coefficient (Wildman–Crippen LogP) is 2.32. The molecule has 2 saturated heterocycles. The van der Waals surface area contributed by atoms with Gasteiger partial charge in [0.05, 0.1) is 23.0 Å². The number of amides is 1. The van der Waals surface area contributed by atoms with Crippen molar-refractivity contribution < 1.29 is 19.4 Å². The quantitative estimate of drug-likeness (QED) is 0.486. The van der Waals surface area contributed by atoms with E-state index in [1.54, 1.807) is 15.6 Å². The molecule has 0 unspecified atom stereocenters. The topological polar surface area (TPSA) is 127 Å². The number of halogens is 1. The van der Waals surface area contributed by atoms with E-state index in [9.17, 15) is 14.7 Å². The van der Waals surface area contributed by atoms with Crippen molar-refractivity contribution in [1.29, 1.82) is 0 Å². The first-order chi connectivity index (χ1) is 17.8. The van der Waals surface area contributed by atoms with Crippen LogP contribution < -0.4 is 4.90 Å². The standard InChI is InChI=1S/C26H29N7O4.ClH/c1-16-18(3-4-19-20(16)13-37-25(19)36)22(34)12-31-9-7-26(8-10-31)11-24(35)32(14-26)23-6-5-21(17(2)28-23)33-15-27-29-30-33;/h3-6,15,22,34H,7-14H2,1-2H3;1H/t22-;/m0./s1. The summed E-state index contributed by atoms with van der Waals surface area (Å²) >= 11 is 0. The zero-order valence-electron chi connectivity index (χ0n) is 21.3. The Labute approximate surface area is 226 Å². The normalized spacial score (nSPS) is 19.4. The second kappa shape index (κ2) is 10.0. The Bertz CT molecular complexity index is 1370. The summed E-state index contributed by atoms with van der Waals surface area (Å²) < 4.78 is 6.70. The molecule has 2 fully saturated rings. The highest BCUT2D eigenvalue weighted by Gasteiger charge is 2.46. The predicted molar refractivity (Wildman–Crippen MR) is 139 cm³/mol. The fraction of sp³-hybridized carbons (Fsp3) is 0.462. The van der Waals surface area contributed by atoms with Gasteiger partial charge in [-0.15, -0.1) is 17.5 Å². The lowest BCUT2D eigenvalue weighted by atomic mass is 9.77. The smallest absolute Gasteiger partial charge is 0.338 e. The summed E-state index contributed by atoms with van der Waals surface area (Å²) in [5, 5.41) is 22.3. The molecule has 3 aromatic rings. The summed E-state index contributed by atoms with van der Waals surface area (Å²) in [4.78, 5) is 33.6. The Morgan fingerprint density at radius 1 is 1.13 bits per heavy atom. The third-order valence-electron chi connectivity index (χ3n) is 8.15. The summed E-state index contributed by atoms with van der Waals surface area (Å²) in [5.41, 5.74) is 4.68. The molecular weight excluding hydrogens is 510 g/mol. The van der Waals surface area contributed by atoms with E-state index in [4.69, 9.17) is 4.74 Å². The van der Waals surface area contributed by atoms with Crippen molar-refractivity contribution in [2.75, 3.05) is 31.1 Å². The highest BCUT2D eigenvalue weighted by atomic mass is 35.5. The lowest BCUT2D eigenvalue weighted by Crippen LogP contribution is -2.43. The molecule has 1 N–H and O–H groups in total. The number of carbonyl (C=O) groups is 2. The van der Waals surface area contributed by atoms with Crippen molar-refractivity contribution in [2.24, 2.45) is 5.41 Å². The highest BCUT2D eigenvalue weighted by molar-refractivity contribution is 5.95. The Hall–Kier alpha value is -3.41. The van der Waals surface area contributed by atoms with Gasteiger partial charge in [-0.1, -0.05) is 6.07 Å². The molecule has 0 aliphatic carbocycles. The number of piperidine rings is 1. The number of anilines is 1. The van der Waals surface area contributed by atoms with Gasteiger partial charge in [0.15, 0.2) is 0 Å². The molecule has 3 aliphatic rings. The van der Waals surface area contributed by atoms with E-state index in [2.05, 4.69) is 25.4 Å². The zero-order chi connectivity index (χ0) is 25.7. The lowest BCUT2D eigenvalue weighted by molar-refractivity contribution is -0.118. The van der Waals surface area contributed by atoms with E-state index in [0.29, 0.717) is 30.9 Å². The molecule has 3 aliphatic heterocycles. The fourth-order valence-corrected chi connectivity index (χ4v) is 5.93. The molecule has 11 nitrogen and oxygen atoms in total. The number of aliphatic hydroxyl groups excluding tert-OH is 1. The summed E-state index contributed by atoms with van der Waals surface area (Å²) in [7, 11) is 0. The van der Waals surface area contributed by atoms with Crippen molar-refractivity contribution in [1.82, 2.24) is 30.1 Å². The molecule has 38 heavy (non-hydrogen) atoms. The van der Waals surface area contributed by atoms with Gasteiger partial charge < -0.3 is 14.7 Å². The first kappa shape index (κ1) is 26.2. The van der Waals surface area contributed by atoms with Gasteiger partial charge in [0.25, 0.3) is 0 Å². The number of β-amino-alcohol motifs (C(OH)–C–C–N with tert-alkyl or cyclic N) is 1. The number of hydrogen-bond acceptors (Lipinski definition) is 9. The van der Waals surface area contributed by atoms with Crippen LogP contribution >= 0.6 is 12.4 Å². The van der Waals surface area contributed by atoms with Crippen molar-refractivity contribution >= 4 is 30.1 Å². The zero-order valence-corrected chi connectivity index (χ0v) is 22.1. The first-order valence-electron chi connectivity index (χ1n) is 12.5. The minimum Gasteiger partial charge on any atom is -0.457 e. The average molecular weight is 540 g/mol. The molecule has 6 rings (SSSR count). The van der Waals surface area contributed by atoms with Crippen molar-refractivity contribution in [3.63, 3.8) is 0 Å². The molecule has 0 bridgehead atoms. The van der Waals surface area contributed by atoms with Crippen LogP contribution in [-0.2, 0) is 16.1 Å². The van der Waals surface area contributed by atoms with Crippen LogP contribution in [0.15, 0.2) is 30.6 Å². The number of benzene rings is 1. The molecule has 1 spiro atoms. The Kier molecular flexibility index (Phi) is 6.93. The third kappa shape index (κ3) is 4.55. The molecule has 0 saturated carbocycles. The van der Waals surface area contributed by atoms with E-state index >= 15 is 0 Å². The van der Waals surface area contributed by atoms with Crippen LogP contribution in [0.25, 0.3) is 5.69 Å². The highest BCUT2D eigenvalue weighted by Crippen LogP contribution is 2.43. The number of aromatic nitrogens is 5. The molecule has 2 aromatic heterocycles. The number of tetrazole rings is 1. The lowest BCUT2D eigenvalue weighted by Gasteiger charge is -2.39. The van der Waals surface area contributed by atoms with Crippen LogP contribution in [0.4, 0.5) is 5.82 Å². The van der Waals surface area contributed by atoms with Crippen molar-refractivity contribution in [3.8, 4) is 5.69 Å². The summed E-state index contributed by atoms with van der Waals surface area (Å²) in [6.07, 6.45) is 3.15. The fourth-order valence-electron chi connectivity index (χ4n) is 5.93. The minimum atomic E-state index is -0.650. The Morgan fingerprint density at radius 2 is 1.92 bits per heavy atom.